The minimum atomic E-state index is -0.210. The number of aryl methyl sites for hydroxylation is 1. The van der Waals surface area contributed by atoms with Crippen LogP contribution in [0.25, 0.3) is 33.1 Å². The summed E-state index contributed by atoms with van der Waals surface area (Å²) in [4.78, 5) is 19.8. The Hall–Kier alpha value is -2.63. The molecule has 4 aromatic rings. The first-order chi connectivity index (χ1) is 12.2. The first-order valence-corrected chi connectivity index (χ1v) is 8.43. The zero-order valence-corrected chi connectivity index (χ0v) is 14.1. The van der Waals surface area contributed by atoms with Gasteiger partial charge in [-0.25, -0.2) is 4.98 Å². The number of fused-ring (bicyclic) bond motifs is 2. The van der Waals surface area contributed by atoms with Gasteiger partial charge in [-0.3, -0.25) is 4.79 Å². The van der Waals surface area contributed by atoms with E-state index >= 15 is 0 Å². The van der Waals surface area contributed by atoms with E-state index in [1.807, 2.05) is 18.2 Å². The SMILES string of the molecule is NCCCc1occ2ccc(-c3nc4ccc(Cl)cc4c(=O)[nH]3)cc12. The van der Waals surface area contributed by atoms with Gasteiger partial charge >= 0.3 is 0 Å². The summed E-state index contributed by atoms with van der Waals surface area (Å²) in [5, 5.41) is 3.02. The van der Waals surface area contributed by atoms with Gasteiger partial charge in [0.1, 0.15) is 11.6 Å². The lowest BCUT2D eigenvalue weighted by atomic mass is 10.1. The Labute approximate surface area is 148 Å². The Morgan fingerprint density at radius 1 is 1.16 bits per heavy atom. The highest BCUT2D eigenvalue weighted by Gasteiger charge is 2.11. The van der Waals surface area contributed by atoms with Crippen molar-refractivity contribution in [2.75, 3.05) is 6.54 Å². The third-order valence-corrected chi connectivity index (χ3v) is 4.47. The van der Waals surface area contributed by atoms with Gasteiger partial charge < -0.3 is 15.1 Å². The molecular weight excluding hydrogens is 338 g/mol. The molecule has 126 valence electrons. The van der Waals surface area contributed by atoms with Crippen LogP contribution in [0.3, 0.4) is 0 Å². The first-order valence-electron chi connectivity index (χ1n) is 8.06. The molecule has 0 amide bonds. The van der Waals surface area contributed by atoms with E-state index in [1.165, 1.54) is 0 Å². The number of hydrogen-bond donors (Lipinski definition) is 2. The van der Waals surface area contributed by atoms with E-state index < -0.39 is 0 Å². The molecule has 2 aromatic heterocycles. The van der Waals surface area contributed by atoms with Crippen LogP contribution in [0.2, 0.25) is 5.02 Å². The Balaban J connectivity index is 1.85. The van der Waals surface area contributed by atoms with Crippen molar-refractivity contribution in [3.8, 4) is 11.4 Å². The monoisotopic (exact) mass is 353 g/mol. The largest absolute Gasteiger partial charge is 0.468 e. The molecule has 6 heteroatoms. The topological polar surface area (TPSA) is 84.9 Å². The average molecular weight is 354 g/mol. The molecule has 0 bridgehead atoms. The maximum Gasteiger partial charge on any atom is 0.259 e. The van der Waals surface area contributed by atoms with E-state index in [1.54, 1.807) is 24.5 Å². The highest BCUT2D eigenvalue weighted by atomic mass is 35.5. The van der Waals surface area contributed by atoms with Crippen LogP contribution in [0.4, 0.5) is 0 Å². The molecule has 0 aliphatic rings. The second-order valence-electron chi connectivity index (χ2n) is 5.93. The van der Waals surface area contributed by atoms with Crippen molar-refractivity contribution in [1.82, 2.24) is 9.97 Å². The second kappa shape index (κ2) is 6.35. The molecule has 0 saturated heterocycles. The summed E-state index contributed by atoms with van der Waals surface area (Å²) in [5.74, 6) is 1.42. The lowest BCUT2D eigenvalue weighted by molar-refractivity contribution is 0.509. The van der Waals surface area contributed by atoms with Crippen molar-refractivity contribution in [3.05, 3.63) is 63.8 Å². The maximum atomic E-state index is 12.4. The predicted molar refractivity (Wildman–Crippen MR) is 100.0 cm³/mol. The quantitative estimate of drug-likeness (QED) is 0.583. The fourth-order valence-electron chi connectivity index (χ4n) is 2.95. The lowest BCUT2D eigenvalue weighted by Gasteiger charge is -2.04. The highest BCUT2D eigenvalue weighted by molar-refractivity contribution is 6.31. The standard InChI is InChI=1S/C19H16ClN3O2/c20-13-5-6-16-15(9-13)19(24)23-18(22-16)11-3-4-12-10-25-17(2-1-7-21)14(12)8-11/h3-6,8-10H,1-2,7,21H2,(H,22,23,24). The fraction of sp³-hybridized carbons (Fsp3) is 0.158. The van der Waals surface area contributed by atoms with Gasteiger partial charge in [0.05, 0.1) is 17.2 Å². The number of aromatic nitrogens is 2. The summed E-state index contributed by atoms with van der Waals surface area (Å²) in [6.07, 6.45) is 3.38. The number of hydrogen-bond acceptors (Lipinski definition) is 4. The van der Waals surface area contributed by atoms with Gasteiger partial charge in [0.2, 0.25) is 0 Å². The predicted octanol–water partition coefficient (Wildman–Crippen LogP) is 3.88. The average Bonchev–Trinajstić information content (AvgIpc) is 3.02. The van der Waals surface area contributed by atoms with Crippen LogP contribution < -0.4 is 11.3 Å². The Morgan fingerprint density at radius 3 is 2.88 bits per heavy atom. The Bertz CT molecular complexity index is 1130. The first kappa shape index (κ1) is 15.9. The minimum absolute atomic E-state index is 0.210. The van der Waals surface area contributed by atoms with Crippen molar-refractivity contribution < 1.29 is 4.42 Å². The Morgan fingerprint density at radius 2 is 2.04 bits per heavy atom. The summed E-state index contributed by atoms with van der Waals surface area (Å²) < 4.78 is 5.65. The number of benzene rings is 2. The van der Waals surface area contributed by atoms with E-state index in [4.69, 9.17) is 21.8 Å². The van der Waals surface area contributed by atoms with E-state index in [-0.39, 0.29) is 5.56 Å². The van der Waals surface area contributed by atoms with Crippen LogP contribution in [-0.2, 0) is 6.42 Å². The second-order valence-corrected chi connectivity index (χ2v) is 6.37. The number of aromatic amines is 1. The third-order valence-electron chi connectivity index (χ3n) is 4.23. The number of H-pyrrole nitrogens is 1. The molecule has 0 aliphatic heterocycles. The van der Waals surface area contributed by atoms with Gasteiger partial charge in [0, 0.05) is 27.8 Å². The van der Waals surface area contributed by atoms with Gasteiger partial charge in [0.25, 0.3) is 5.56 Å². The zero-order valence-electron chi connectivity index (χ0n) is 13.4. The van der Waals surface area contributed by atoms with Crippen molar-refractivity contribution >= 4 is 33.3 Å². The van der Waals surface area contributed by atoms with E-state index in [0.717, 1.165) is 34.9 Å². The molecule has 4 rings (SSSR count). The smallest absolute Gasteiger partial charge is 0.259 e. The highest BCUT2D eigenvalue weighted by Crippen LogP contribution is 2.27. The van der Waals surface area contributed by atoms with Gasteiger partial charge in [0.15, 0.2) is 0 Å². The van der Waals surface area contributed by atoms with Crippen LogP contribution in [-0.4, -0.2) is 16.5 Å². The molecule has 0 saturated carbocycles. The molecule has 0 spiro atoms. The molecule has 3 N–H and O–H groups in total. The number of nitrogens with zero attached hydrogens (tertiary/aromatic N) is 1. The van der Waals surface area contributed by atoms with Gasteiger partial charge in [-0.05, 0) is 37.2 Å². The fourth-order valence-corrected chi connectivity index (χ4v) is 3.12. The molecule has 2 heterocycles. The normalized spacial score (nSPS) is 11.4. The van der Waals surface area contributed by atoms with Crippen molar-refractivity contribution in [3.63, 3.8) is 0 Å². The van der Waals surface area contributed by atoms with Crippen molar-refractivity contribution in [2.45, 2.75) is 12.8 Å². The van der Waals surface area contributed by atoms with Crippen LogP contribution in [0, 0.1) is 0 Å². The lowest BCUT2D eigenvalue weighted by Crippen LogP contribution is -2.09. The third kappa shape index (κ3) is 2.92. The number of halogens is 1. The van der Waals surface area contributed by atoms with Gasteiger partial charge in [-0.15, -0.1) is 0 Å². The van der Waals surface area contributed by atoms with E-state index in [9.17, 15) is 4.79 Å². The Kier molecular flexibility index (Phi) is 4.03. The summed E-state index contributed by atoms with van der Waals surface area (Å²) in [6, 6.07) is 11.0. The van der Waals surface area contributed by atoms with Crippen LogP contribution in [0.1, 0.15) is 12.2 Å². The molecule has 2 aromatic carbocycles. The molecule has 0 aliphatic carbocycles. The summed E-state index contributed by atoms with van der Waals surface area (Å²) in [7, 11) is 0. The van der Waals surface area contributed by atoms with Crippen LogP contribution in [0.15, 0.2) is 51.9 Å². The molecular formula is C19H16ClN3O2. The summed E-state index contributed by atoms with van der Waals surface area (Å²) in [5.41, 5.74) is 6.82. The molecule has 25 heavy (non-hydrogen) atoms. The van der Waals surface area contributed by atoms with E-state index in [2.05, 4.69) is 9.97 Å². The number of nitrogens with one attached hydrogen (secondary N) is 1. The maximum absolute atomic E-state index is 12.4. The molecule has 0 radical (unpaired) electrons. The zero-order chi connectivity index (χ0) is 17.4. The van der Waals surface area contributed by atoms with Gasteiger partial charge in [-0.2, -0.15) is 0 Å². The molecule has 5 nitrogen and oxygen atoms in total. The van der Waals surface area contributed by atoms with Crippen molar-refractivity contribution in [2.24, 2.45) is 5.73 Å². The number of nitrogens with two attached hydrogens (primary N) is 1. The minimum Gasteiger partial charge on any atom is -0.468 e. The van der Waals surface area contributed by atoms with Crippen LogP contribution in [0.5, 0.6) is 0 Å². The molecule has 0 fully saturated rings. The molecule has 0 unspecified atom stereocenters. The number of furan rings is 1. The van der Waals surface area contributed by atoms with E-state index in [0.29, 0.717) is 28.3 Å². The van der Waals surface area contributed by atoms with Crippen molar-refractivity contribution in [1.29, 1.82) is 0 Å². The summed E-state index contributed by atoms with van der Waals surface area (Å²) >= 11 is 5.96. The van der Waals surface area contributed by atoms with Gasteiger partial charge in [-0.1, -0.05) is 23.7 Å². The summed E-state index contributed by atoms with van der Waals surface area (Å²) in [6.45, 7) is 0.615. The van der Waals surface area contributed by atoms with Crippen LogP contribution >= 0.6 is 11.6 Å². The molecule has 0 atom stereocenters. The number of rotatable bonds is 4.